The zero-order chi connectivity index (χ0) is 16.4. The molecule has 0 fully saturated rings. The zero-order valence-corrected chi connectivity index (χ0v) is 14.2. The van der Waals surface area contributed by atoms with Crippen molar-refractivity contribution in [2.75, 3.05) is 31.3 Å². The van der Waals surface area contributed by atoms with Gasteiger partial charge in [0.1, 0.15) is 5.82 Å². The van der Waals surface area contributed by atoms with E-state index in [2.05, 4.69) is 33.5 Å². The fourth-order valence-corrected chi connectivity index (χ4v) is 3.47. The van der Waals surface area contributed by atoms with Crippen molar-refractivity contribution in [3.8, 4) is 0 Å². The van der Waals surface area contributed by atoms with Crippen molar-refractivity contribution in [1.82, 2.24) is 19.4 Å². The van der Waals surface area contributed by atoms with Crippen LogP contribution in [0.3, 0.4) is 0 Å². The van der Waals surface area contributed by atoms with Gasteiger partial charge in [-0.1, -0.05) is 26.7 Å². The van der Waals surface area contributed by atoms with Crippen LogP contribution in [0.1, 0.15) is 45.1 Å². The first-order chi connectivity index (χ1) is 11.1. The second-order valence-corrected chi connectivity index (χ2v) is 6.61. The SMILES string of the molecule is CCCCN1Cc2c3n(c(=O)[nH]c2=O)CN(CCCC)CN3C1. The highest BCUT2D eigenvalue weighted by Crippen LogP contribution is 2.27. The van der Waals surface area contributed by atoms with Gasteiger partial charge in [-0.2, -0.15) is 0 Å². The highest BCUT2D eigenvalue weighted by Gasteiger charge is 2.32. The molecule has 0 atom stereocenters. The van der Waals surface area contributed by atoms with Gasteiger partial charge in [0, 0.05) is 19.6 Å². The van der Waals surface area contributed by atoms with E-state index in [0.29, 0.717) is 13.2 Å². The minimum atomic E-state index is -0.290. The maximum atomic E-state index is 12.3. The van der Waals surface area contributed by atoms with Gasteiger partial charge in [-0.15, -0.1) is 0 Å². The summed E-state index contributed by atoms with van der Waals surface area (Å²) in [6.07, 6.45) is 4.52. The number of nitrogens with one attached hydrogen (secondary N) is 1. The Morgan fingerprint density at radius 3 is 2.30 bits per heavy atom. The topological polar surface area (TPSA) is 64.6 Å². The van der Waals surface area contributed by atoms with Crippen molar-refractivity contribution in [3.63, 3.8) is 0 Å². The zero-order valence-electron chi connectivity index (χ0n) is 14.2. The third-order valence-electron chi connectivity index (χ3n) is 4.69. The third kappa shape index (κ3) is 3.21. The highest BCUT2D eigenvalue weighted by atomic mass is 16.2. The van der Waals surface area contributed by atoms with Crippen molar-refractivity contribution >= 4 is 5.82 Å². The van der Waals surface area contributed by atoms with E-state index in [1.54, 1.807) is 4.57 Å². The molecule has 1 aromatic heterocycles. The van der Waals surface area contributed by atoms with Gasteiger partial charge in [0.15, 0.2) is 0 Å². The van der Waals surface area contributed by atoms with Gasteiger partial charge in [-0.3, -0.25) is 24.1 Å². The molecule has 2 aliphatic heterocycles. The van der Waals surface area contributed by atoms with Gasteiger partial charge >= 0.3 is 5.69 Å². The molecule has 1 aromatic rings. The molecule has 0 aliphatic carbocycles. The first kappa shape index (κ1) is 16.3. The van der Waals surface area contributed by atoms with Gasteiger partial charge in [-0.25, -0.2) is 4.79 Å². The third-order valence-corrected chi connectivity index (χ3v) is 4.69. The second-order valence-electron chi connectivity index (χ2n) is 6.61. The molecule has 7 nitrogen and oxygen atoms in total. The molecule has 0 bridgehead atoms. The Balaban J connectivity index is 1.94. The van der Waals surface area contributed by atoms with E-state index in [1.165, 1.54) is 0 Å². The number of nitrogens with zero attached hydrogens (tertiary/aromatic N) is 4. The van der Waals surface area contributed by atoms with Crippen molar-refractivity contribution in [2.24, 2.45) is 0 Å². The van der Waals surface area contributed by atoms with Crippen molar-refractivity contribution in [1.29, 1.82) is 0 Å². The van der Waals surface area contributed by atoms with Crippen LogP contribution in [-0.4, -0.2) is 45.8 Å². The van der Waals surface area contributed by atoms with Crippen molar-refractivity contribution in [3.05, 3.63) is 26.4 Å². The van der Waals surface area contributed by atoms with Crippen LogP contribution in [-0.2, 0) is 13.2 Å². The molecule has 3 heterocycles. The summed E-state index contributed by atoms with van der Waals surface area (Å²) >= 11 is 0. The Morgan fingerprint density at radius 2 is 1.61 bits per heavy atom. The summed E-state index contributed by atoms with van der Waals surface area (Å²) < 4.78 is 1.73. The summed E-state index contributed by atoms with van der Waals surface area (Å²) in [4.78, 5) is 33.8. The molecular formula is C16H27N5O2. The highest BCUT2D eigenvalue weighted by molar-refractivity contribution is 5.49. The smallest absolute Gasteiger partial charge is 0.331 e. The van der Waals surface area contributed by atoms with Gasteiger partial charge in [0.25, 0.3) is 5.56 Å². The standard InChI is InChI=1S/C16H27N5O2/c1-3-5-7-18-9-13-14(22)17-16(23)21-12-19(8-6-4-2)11-20(10-18)15(13)21/h3-12H2,1-2H3,(H,17,22,23). The lowest BCUT2D eigenvalue weighted by Crippen LogP contribution is -2.57. The minimum absolute atomic E-state index is 0.227. The first-order valence-corrected chi connectivity index (χ1v) is 8.69. The Labute approximate surface area is 136 Å². The maximum absolute atomic E-state index is 12.3. The number of hydrogen-bond donors (Lipinski definition) is 1. The largest absolute Gasteiger partial charge is 0.331 e. The molecule has 0 saturated carbocycles. The molecule has 2 aliphatic rings. The predicted molar refractivity (Wildman–Crippen MR) is 90.5 cm³/mol. The lowest BCUT2D eigenvalue weighted by molar-refractivity contribution is 0.151. The van der Waals surface area contributed by atoms with E-state index in [4.69, 9.17) is 0 Å². The summed E-state index contributed by atoms with van der Waals surface area (Å²) in [5.41, 5.74) is 0.221. The molecule has 0 radical (unpaired) electrons. The lowest BCUT2D eigenvalue weighted by atomic mass is 10.2. The fourth-order valence-electron chi connectivity index (χ4n) is 3.47. The second kappa shape index (κ2) is 6.88. The molecule has 0 saturated heterocycles. The lowest BCUT2D eigenvalue weighted by Gasteiger charge is -2.45. The van der Waals surface area contributed by atoms with Gasteiger partial charge < -0.3 is 4.90 Å². The molecule has 0 spiro atoms. The van der Waals surface area contributed by atoms with Crippen LogP contribution in [0.15, 0.2) is 9.59 Å². The number of unbranched alkanes of at least 4 members (excludes halogenated alkanes) is 2. The molecule has 0 unspecified atom stereocenters. The van der Waals surface area contributed by atoms with Crippen molar-refractivity contribution in [2.45, 2.75) is 52.7 Å². The van der Waals surface area contributed by atoms with Gasteiger partial charge in [0.2, 0.25) is 0 Å². The van der Waals surface area contributed by atoms with Crippen LogP contribution >= 0.6 is 0 Å². The number of aromatic nitrogens is 2. The number of hydrogen-bond acceptors (Lipinski definition) is 5. The fraction of sp³-hybridized carbons (Fsp3) is 0.750. The Bertz CT molecular complexity index is 613. The molecule has 0 aromatic carbocycles. The summed E-state index contributed by atoms with van der Waals surface area (Å²) in [5.74, 6) is 0.833. The van der Waals surface area contributed by atoms with Crippen LogP contribution in [0.2, 0.25) is 0 Å². The molecule has 128 valence electrons. The molecule has 7 heteroatoms. The molecular weight excluding hydrogens is 294 g/mol. The Kier molecular flexibility index (Phi) is 4.87. The summed E-state index contributed by atoms with van der Waals surface area (Å²) in [5, 5.41) is 0. The van der Waals surface area contributed by atoms with Gasteiger partial charge in [0.05, 0.1) is 25.6 Å². The molecule has 23 heavy (non-hydrogen) atoms. The summed E-state index contributed by atoms with van der Waals surface area (Å²) in [7, 11) is 0. The summed E-state index contributed by atoms with van der Waals surface area (Å²) in [6.45, 7) is 9.10. The number of rotatable bonds is 6. The van der Waals surface area contributed by atoms with E-state index in [9.17, 15) is 9.59 Å². The summed E-state index contributed by atoms with van der Waals surface area (Å²) in [6, 6.07) is 0. The van der Waals surface area contributed by atoms with Crippen LogP contribution in [0, 0.1) is 0 Å². The Morgan fingerprint density at radius 1 is 0.957 bits per heavy atom. The average molecular weight is 321 g/mol. The maximum Gasteiger partial charge on any atom is 0.331 e. The predicted octanol–water partition coefficient (Wildman–Crippen LogP) is 0.947. The van der Waals surface area contributed by atoms with Crippen LogP contribution in [0.5, 0.6) is 0 Å². The van der Waals surface area contributed by atoms with Crippen molar-refractivity contribution < 1.29 is 0 Å². The molecule has 3 rings (SSSR count). The number of aromatic amines is 1. The van der Waals surface area contributed by atoms with E-state index in [1.807, 2.05) is 0 Å². The monoisotopic (exact) mass is 321 g/mol. The number of H-pyrrole nitrogens is 1. The van der Waals surface area contributed by atoms with E-state index >= 15 is 0 Å². The van der Waals surface area contributed by atoms with Gasteiger partial charge in [-0.05, 0) is 12.8 Å². The minimum Gasteiger partial charge on any atom is -0.331 e. The molecule has 0 amide bonds. The van der Waals surface area contributed by atoms with E-state index in [-0.39, 0.29) is 11.2 Å². The number of anilines is 1. The van der Waals surface area contributed by atoms with E-state index < -0.39 is 0 Å². The van der Waals surface area contributed by atoms with E-state index in [0.717, 1.165) is 63.5 Å². The average Bonchev–Trinajstić information content (AvgIpc) is 2.55. The normalized spacial score (nSPS) is 18.3. The first-order valence-electron chi connectivity index (χ1n) is 8.69. The van der Waals surface area contributed by atoms with Crippen LogP contribution < -0.4 is 16.1 Å². The Hall–Kier alpha value is -1.60. The quantitative estimate of drug-likeness (QED) is 0.845. The van der Waals surface area contributed by atoms with Crippen LogP contribution in [0.25, 0.3) is 0 Å². The molecule has 1 N–H and O–H groups in total. The van der Waals surface area contributed by atoms with Crippen LogP contribution in [0.4, 0.5) is 5.82 Å².